The highest BCUT2D eigenvalue weighted by Crippen LogP contribution is 2.22. The molecule has 17 heavy (non-hydrogen) atoms. The standard InChI is InChI=1S/C13H20FNO2/c1-9(6-7-16)15-10(2)12-5-4-11(17-3)8-13(12)14/h4-5,8-10,15-16H,6-7H2,1-3H3. The number of aliphatic hydroxyl groups is 1. The van der Waals surface area contributed by atoms with Crippen molar-refractivity contribution in [2.45, 2.75) is 32.4 Å². The average Bonchev–Trinajstić information content (AvgIpc) is 2.28. The lowest BCUT2D eigenvalue weighted by Gasteiger charge is -2.20. The summed E-state index contributed by atoms with van der Waals surface area (Å²) in [5.41, 5.74) is 0.607. The van der Waals surface area contributed by atoms with E-state index >= 15 is 0 Å². The third kappa shape index (κ3) is 3.98. The Morgan fingerprint density at radius 1 is 1.41 bits per heavy atom. The second kappa shape index (κ2) is 6.57. The largest absolute Gasteiger partial charge is 0.497 e. The Bertz CT molecular complexity index is 357. The molecule has 0 aliphatic carbocycles. The zero-order valence-corrected chi connectivity index (χ0v) is 10.5. The van der Waals surface area contributed by atoms with Crippen molar-refractivity contribution in [3.8, 4) is 5.75 Å². The number of rotatable bonds is 6. The number of benzene rings is 1. The lowest BCUT2D eigenvalue weighted by molar-refractivity contribution is 0.264. The van der Waals surface area contributed by atoms with Crippen LogP contribution in [-0.2, 0) is 0 Å². The molecule has 2 atom stereocenters. The molecule has 1 aromatic carbocycles. The SMILES string of the molecule is COc1ccc(C(C)NC(C)CCO)c(F)c1. The molecule has 4 heteroatoms. The zero-order valence-electron chi connectivity index (χ0n) is 10.5. The predicted octanol–water partition coefficient (Wildman–Crippen LogP) is 2.26. The molecule has 1 rings (SSSR count). The van der Waals surface area contributed by atoms with Gasteiger partial charge in [-0.1, -0.05) is 6.07 Å². The first-order valence-electron chi connectivity index (χ1n) is 5.78. The summed E-state index contributed by atoms with van der Waals surface area (Å²) in [6, 6.07) is 4.90. The van der Waals surface area contributed by atoms with E-state index in [1.54, 1.807) is 12.1 Å². The van der Waals surface area contributed by atoms with Crippen LogP contribution in [0, 0.1) is 5.82 Å². The van der Waals surface area contributed by atoms with Gasteiger partial charge in [-0.2, -0.15) is 0 Å². The first-order chi connectivity index (χ1) is 8.08. The number of aliphatic hydroxyl groups excluding tert-OH is 1. The molecule has 2 unspecified atom stereocenters. The summed E-state index contributed by atoms with van der Waals surface area (Å²) < 4.78 is 18.7. The summed E-state index contributed by atoms with van der Waals surface area (Å²) >= 11 is 0. The van der Waals surface area contributed by atoms with E-state index in [1.807, 2.05) is 13.8 Å². The fraction of sp³-hybridized carbons (Fsp3) is 0.538. The molecule has 0 spiro atoms. The minimum Gasteiger partial charge on any atom is -0.497 e. The van der Waals surface area contributed by atoms with E-state index in [0.717, 1.165) is 0 Å². The van der Waals surface area contributed by atoms with Crippen molar-refractivity contribution in [3.63, 3.8) is 0 Å². The second-order valence-corrected chi connectivity index (χ2v) is 4.19. The van der Waals surface area contributed by atoms with Crippen LogP contribution in [0.15, 0.2) is 18.2 Å². The fourth-order valence-electron chi connectivity index (χ4n) is 1.78. The summed E-state index contributed by atoms with van der Waals surface area (Å²) in [7, 11) is 1.51. The van der Waals surface area contributed by atoms with Crippen molar-refractivity contribution >= 4 is 0 Å². The van der Waals surface area contributed by atoms with Crippen molar-refractivity contribution in [2.24, 2.45) is 0 Å². The van der Waals surface area contributed by atoms with E-state index in [-0.39, 0.29) is 24.5 Å². The van der Waals surface area contributed by atoms with Crippen LogP contribution in [0.5, 0.6) is 5.75 Å². The Morgan fingerprint density at radius 2 is 2.12 bits per heavy atom. The van der Waals surface area contributed by atoms with Crippen molar-refractivity contribution in [3.05, 3.63) is 29.6 Å². The normalized spacial score (nSPS) is 14.4. The fourth-order valence-corrected chi connectivity index (χ4v) is 1.78. The molecule has 0 heterocycles. The van der Waals surface area contributed by atoms with E-state index in [2.05, 4.69) is 5.32 Å². The predicted molar refractivity (Wildman–Crippen MR) is 65.7 cm³/mol. The average molecular weight is 241 g/mol. The monoisotopic (exact) mass is 241 g/mol. The van der Waals surface area contributed by atoms with Gasteiger partial charge in [0.05, 0.1) is 7.11 Å². The van der Waals surface area contributed by atoms with Crippen molar-refractivity contribution in [1.82, 2.24) is 5.32 Å². The van der Waals surface area contributed by atoms with E-state index in [1.165, 1.54) is 13.2 Å². The Labute approximate surface area is 102 Å². The minimum atomic E-state index is -0.277. The molecule has 0 fully saturated rings. The van der Waals surface area contributed by atoms with Gasteiger partial charge in [-0.15, -0.1) is 0 Å². The summed E-state index contributed by atoms with van der Waals surface area (Å²) in [5, 5.41) is 12.0. The molecule has 0 bridgehead atoms. The highest BCUT2D eigenvalue weighted by molar-refractivity contribution is 5.30. The van der Waals surface area contributed by atoms with E-state index in [0.29, 0.717) is 17.7 Å². The molecule has 0 aliphatic heterocycles. The summed E-state index contributed by atoms with van der Waals surface area (Å²) in [4.78, 5) is 0. The lowest BCUT2D eigenvalue weighted by atomic mass is 10.1. The number of halogens is 1. The van der Waals surface area contributed by atoms with Gasteiger partial charge in [0.1, 0.15) is 11.6 Å². The topological polar surface area (TPSA) is 41.5 Å². The number of methoxy groups -OCH3 is 1. The van der Waals surface area contributed by atoms with Gasteiger partial charge in [-0.05, 0) is 26.3 Å². The summed E-state index contributed by atoms with van der Waals surface area (Å²) in [6.45, 7) is 4.00. The minimum absolute atomic E-state index is 0.0949. The molecule has 0 amide bonds. The van der Waals surface area contributed by atoms with Crippen LogP contribution in [0.25, 0.3) is 0 Å². The molecular formula is C13H20FNO2. The van der Waals surface area contributed by atoms with Crippen molar-refractivity contribution in [2.75, 3.05) is 13.7 Å². The number of hydrogen-bond acceptors (Lipinski definition) is 3. The van der Waals surface area contributed by atoms with E-state index in [4.69, 9.17) is 9.84 Å². The molecule has 1 aromatic rings. The second-order valence-electron chi connectivity index (χ2n) is 4.19. The van der Waals surface area contributed by atoms with Crippen LogP contribution in [-0.4, -0.2) is 24.9 Å². The van der Waals surface area contributed by atoms with E-state index in [9.17, 15) is 4.39 Å². The smallest absolute Gasteiger partial charge is 0.131 e. The molecule has 0 saturated heterocycles. The number of hydrogen-bond donors (Lipinski definition) is 2. The highest BCUT2D eigenvalue weighted by atomic mass is 19.1. The number of nitrogens with one attached hydrogen (secondary N) is 1. The van der Waals surface area contributed by atoms with Gasteiger partial charge in [0.2, 0.25) is 0 Å². The zero-order chi connectivity index (χ0) is 12.8. The third-order valence-corrected chi connectivity index (χ3v) is 2.77. The molecule has 0 saturated carbocycles. The Kier molecular flexibility index (Phi) is 5.38. The lowest BCUT2D eigenvalue weighted by Crippen LogP contribution is -2.30. The van der Waals surface area contributed by atoms with Crippen LogP contribution in [0.3, 0.4) is 0 Å². The first kappa shape index (κ1) is 13.9. The number of ether oxygens (including phenoxy) is 1. The van der Waals surface area contributed by atoms with Gasteiger partial charge in [-0.25, -0.2) is 4.39 Å². The summed E-state index contributed by atoms with van der Waals surface area (Å²) in [6.07, 6.45) is 0.655. The van der Waals surface area contributed by atoms with E-state index < -0.39 is 0 Å². The summed E-state index contributed by atoms with van der Waals surface area (Å²) in [5.74, 6) is 0.238. The third-order valence-electron chi connectivity index (χ3n) is 2.77. The van der Waals surface area contributed by atoms with Crippen LogP contribution < -0.4 is 10.1 Å². The van der Waals surface area contributed by atoms with Crippen LogP contribution in [0.2, 0.25) is 0 Å². The first-order valence-corrected chi connectivity index (χ1v) is 5.78. The Hall–Kier alpha value is -1.13. The molecule has 0 aromatic heterocycles. The van der Waals surface area contributed by atoms with Crippen molar-refractivity contribution in [1.29, 1.82) is 0 Å². The maximum atomic E-state index is 13.8. The maximum absolute atomic E-state index is 13.8. The van der Waals surface area contributed by atoms with Crippen molar-refractivity contribution < 1.29 is 14.2 Å². The van der Waals surface area contributed by atoms with Gasteiger partial charge in [0, 0.05) is 30.3 Å². The van der Waals surface area contributed by atoms with Crippen LogP contribution >= 0.6 is 0 Å². The maximum Gasteiger partial charge on any atom is 0.131 e. The molecule has 96 valence electrons. The quantitative estimate of drug-likeness (QED) is 0.802. The molecule has 0 aliphatic rings. The molecule has 2 N–H and O–H groups in total. The molecule has 3 nitrogen and oxygen atoms in total. The van der Waals surface area contributed by atoms with Crippen LogP contribution in [0.1, 0.15) is 31.9 Å². The van der Waals surface area contributed by atoms with Gasteiger partial charge < -0.3 is 15.2 Å². The van der Waals surface area contributed by atoms with Gasteiger partial charge in [0.25, 0.3) is 0 Å². The van der Waals surface area contributed by atoms with Gasteiger partial charge in [-0.3, -0.25) is 0 Å². The highest BCUT2D eigenvalue weighted by Gasteiger charge is 2.13. The Balaban J connectivity index is 2.71. The van der Waals surface area contributed by atoms with Gasteiger partial charge >= 0.3 is 0 Å². The molecular weight excluding hydrogens is 221 g/mol. The molecule has 0 radical (unpaired) electrons. The van der Waals surface area contributed by atoms with Crippen LogP contribution in [0.4, 0.5) is 4.39 Å². The van der Waals surface area contributed by atoms with Gasteiger partial charge in [0.15, 0.2) is 0 Å². The Morgan fingerprint density at radius 3 is 2.65 bits per heavy atom.